The van der Waals surface area contributed by atoms with Crippen LogP contribution in [0.25, 0.3) is 10.9 Å². The molecule has 1 unspecified atom stereocenters. The maximum atomic E-state index is 13.3. The summed E-state index contributed by atoms with van der Waals surface area (Å²) in [7, 11) is 0. The van der Waals surface area contributed by atoms with E-state index in [2.05, 4.69) is 10.3 Å². The smallest absolute Gasteiger partial charge is 0.253 e. The van der Waals surface area contributed by atoms with Crippen LogP contribution >= 0.6 is 24.8 Å². The van der Waals surface area contributed by atoms with E-state index in [4.69, 9.17) is 5.73 Å². The fourth-order valence-electron chi connectivity index (χ4n) is 2.22. The number of carbonyl (C=O) groups is 1. The molecule has 0 aliphatic carbocycles. The summed E-state index contributed by atoms with van der Waals surface area (Å²) >= 11 is 0. The Labute approximate surface area is 154 Å². The number of fused-ring (bicyclic) bond motifs is 1. The van der Waals surface area contributed by atoms with Gasteiger partial charge in [-0.2, -0.15) is 0 Å². The van der Waals surface area contributed by atoms with E-state index in [1.54, 1.807) is 19.1 Å². The molecule has 1 amide bonds. The lowest BCUT2D eigenvalue weighted by atomic mass is 9.88. The third-order valence-electron chi connectivity index (χ3n) is 4.31. The summed E-state index contributed by atoms with van der Waals surface area (Å²) in [5.41, 5.74) is 6.92. The molecule has 2 aromatic rings. The van der Waals surface area contributed by atoms with Gasteiger partial charge in [-0.1, -0.05) is 13.8 Å². The van der Waals surface area contributed by atoms with Crippen LogP contribution in [0.5, 0.6) is 0 Å². The van der Waals surface area contributed by atoms with E-state index in [0.717, 1.165) is 5.39 Å². The fourth-order valence-corrected chi connectivity index (χ4v) is 2.22. The van der Waals surface area contributed by atoms with Gasteiger partial charge in [0, 0.05) is 18.0 Å². The molecule has 0 spiro atoms. The predicted molar refractivity (Wildman–Crippen MR) is 101 cm³/mol. The number of benzene rings is 1. The first-order chi connectivity index (χ1) is 10.3. The number of nitrogens with two attached hydrogens (primary N) is 1. The van der Waals surface area contributed by atoms with Crippen LogP contribution in [0.15, 0.2) is 24.3 Å². The Morgan fingerprint density at radius 1 is 1.33 bits per heavy atom. The number of nitrogens with one attached hydrogen (secondary N) is 1. The molecule has 0 aliphatic rings. The molecule has 0 radical (unpaired) electrons. The average Bonchev–Trinajstić information content (AvgIpc) is 2.45. The molecular formula is C17H24Cl2FN3O. The molecule has 24 heavy (non-hydrogen) atoms. The second-order valence-electron chi connectivity index (χ2n) is 6.19. The summed E-state index contributed by atoms with van der Waals surface area (Å²) in [5, 5.41) is 3.73. The van der Waals surface area contributed by atoms with Gasteiger partial charge < -0.3 is 11.1 Å². The van der Waals surface area contributed by atoms with Crippen molar-refractivity contribution in [2.24, 2.45) is 11.7 Å². The van der Waals surface area contributed by atoms with E-state index in [0.29, 0.717) is 23.3 Å². The highest BCUT2D eigenvalue weighted by atomic mass is 35.5. The van der Waals surface area contributed by atoms with Crippen LogP contribution in [-0.4, -0.2) is 23.0 Å². The summed E-state index contributed by atoms with van der Waals surface area (Å²) in [6.45, 7) is 8.05. The van der Waals surface area contributed by atoms with Gasteiger partial charge in [-0.15, -0.1) is 24.8 Å². The van der Waals surface area contributed by atoms with Crippen molar-refractivity contribution in [2.45, 2.75) is 33.2 Å². The van der Waals surface area contributed by atoms with Crippen LogP contribution in [0, 0.1) is 18.7 Å². The minimum atomic E-state index is -0.485. The van der Waals surface area contributed by atoms with Crippen molar-refractivity contribution in [3.05, 3.63) is 41.3 Å². The number of halogens is 3. The Kier molecular flexibility index (Phi) is 8.09. The van der Waals surface area contributed by atoms with Crippen molar-refractivity contribution in [1.29, 1.82) is 0 Å². The van der Waals surface area contributed by atoms with E-state index < -0.39 is 5.54 Å². The highest BCUT2D eigenvalue weighted by molar-refractivity contribution is 5.99. The lowest BCUT2D eigenvalue weighted by molar-refractivity contribution is 0.0882. The van der Waals surface area contributed by atoms with Crippen molar-refractivity contribution in [3.8, 4) is 0 Å². The van der Waals surface area contributed by atoms with Gasteiger partial charge in [-0.05, 0) is 38.0 Å². The molecule has 4 nitrogen and oxygen atoms in total. The zero-order valence-corrected chi connectivity index (χ0v) is 15.9. The zero-order valence-electron chi connectivity index (χ0n) is 14.2. The van der Waals surface area contributed by atoms with E-state index >= 15 is 0 Å². The molecule has 1 atom stereocenters. The molecule has 0 bridgehead atoms. The third kappa shape index (κ3) is 4.56. The van der Waals surface area contributed by atoms with Crippen molar-refractivity contribution in [1.82, 2.24) is 10.3 Å². The van der Waals surface area contributed by atoms with E-state index in [-0.39, 0.29) is 42.5 Å². The lowest BCUT2D eigenvalue weighted by Crippen LogP contribution is -2.55. The monoisotopic (exact) mass is 375 g/mol. The second kappa shape index (κ2) is 8.60. The minimum Gasteiger partial charge on any atom is -0.345 e. The Morgan fingerprint density at radius 2 is 1.96 bits per heavy atom. The van der Waals surface area contributed by atoms with Crippen LogP contribution in [0.1, 0.15) is 36.8 Å². The van der Waals surface area contributed by atoms with Gasteiger partial charge in [0.05, 0.1) is 22.3 Å². The topological polar surface area (TPSA) is 68.0 Å². The molecule has 7 heteroatoms. The molecule has 1 aromatic heterocycles. The first-order valence-electron chi connectivity index (χ1n) is 7.36. The Bertz CT molecular complexity index is 724. The van der Waals surface area contributed by atoms with Gasteiger partial charge in [0.2, 0.25) is 0 Å². The average molecular weight is 376 g/mol. The molecular weight excluding hydrogens is 352 g/mol. The van der Waals surface area contributed by atoms with Crippen molar-refractivity contribution in [3.63, 3.8) is 0 Å². The van der Waals surface area contributed by atoms with Gasteiger partial charge in [-0.3, -0.25) is 9.78 Å². The number of amides is 1. The van der Waals surface area contributed by atoms with E-state index in [1.165, 1.54) is 12.1 Å². The number of hydrogen-bond acceptors (Lipinski definition) is 3. The molecule has 0 saturated carbocycles. The second-order valence-corrected chi connectivity index (χ2v) is 6.19. The van der Waals surface area contributed by atoms with Crippen LogP contribution in [-0.2, 0) is 0 Å². The zero-order chi connectivity index (χ0) is 16.5. The Morgan fingerprint density at radius 3 is 2.50 bits per heavy atom. The highest BCUT2D eigenvalue weighted by Crippen LogP contribution is 2.20. The predicted octanol–water partition coefficient (Wildman–Crippen LogP) is 3.63. The quantitative estimate of drug-likeness (QED) is 0.856. The molecule has 0 aliphatic heterocycles. The first kappa shape index (κ1) is 22.6. The maximum absolute atomic E-state index is 13.3. The summed E-state index contributed by atoms with van der Waals surface area (Å²) in [6.07, 6.45) is 0. The molecule has 0 saturated heterocycles. The summed E-state index contributed by atoms with van der Waals surface area (Å²) in [4.78, 5) is 16.9. The highest BCUT2D eigenvalue weighted by Gasteiger charge is 2.29. The molecule has 2 rings (SSSR count). The Hall–Kier alpha value is -1.43. The van der Waals surface area contributed by atoms with Crippen LogP contribution < -0.4 is 11.1 Å². The van der Waals surface area contributed by atoms with Crippen LogP contribution in [0.4, 0.5) is 4.39 Å². The van der Waals surface area contributed by atoms with Gasteiger partial charge in [0.25, 0.3) is 5.91 Å². The van der Waals surface area contributed by atoms with Crippen LogP contribution in [0.2, 0.25) is 0 Å². The Balaban J connectivity index is 0.00000264. The number of aryl methyl sites for hydroxylation is 1. The molecule has 134 valence electrons. The van der Waals surface area contributed by atoms with Crippen molar-refractivity contribution in [2.75, 3.05) is 6.54 Å². The molecule has 3 N–H and O–H groups in total. The maximum Gasteiger partial charge on any atom is 0.253 e. The van der Waals surface area contributed by atoms with Gasteiger partial charge in [-0.25, -0.2) is 4.39 Å². The number of pyridine rings is 1. The van der Waals surface area contributed by atoms with Crippen LogP contribution in [0.3, 0.4) is 0 Å². The van der Waals surface area contributed by atoms with E-state index in [1.807, 2.05) is 20.8 Å². The minimum absolute atomic E-state index is 0. The molecule has 1 aromatic carbocycles. The first-order valence-corrected chi connectivity index (χ1v) is 7.36. The number of hydrogen-bond donors (Lipinski definition) is 2. The molecule has 0 fully saturated rings. The summed E-state index contributed by atoms with van der Waals surface area (Å²) in [5.74, 6) is -0.353. The fraction of sp³-hybridized carbons (Fsp3) is 0.412. The lowest BCUT2D eigenvalue weighted by Gasteiger charge is -2.33. The number of aromatic nitrogens is 1. The van der Waals surface area contributed by atoms with Crippen molar-refractivity contribution < 1.29 is 9.18 Å². The van der Waals surface area contributed by atoms with Crippen molar-refractivity contribution >= 4 is 41.6 Å². The third-order valence-corrected chi connectivity index (χ3v) is 4.31. The van der Waals surface area contributed by atoms with Gasteiger partial charge in [0.1, 0.15) is 5.82 Å². The number of carbonyl (C=O) groups excluding carboxylic acids is 1. The van der Waals surface area contributed by atoms with Gasteiger partial charge >= 0.3 is 0 Å². The SMILES string of the molecule is Cc1nc2cc(F)ccc2cc1C(=O)NC(C)(CN)C(C)C.Cl.Cl. The summed E-state index contributed by atoms with van der Waals surface area (Å²) in [6, 6.07) is 6.09. The summed E-state index contributed by atoms with van der Waals surface area (Å²) < 4.78 is 13.3. The van der Waals surface area contributed by atoms with E-state index in [9.17, 15) is 9.18 Å². The number of rotatable bonds is 4. The van der Waals surface area contributed by atoms with Gasteiger partial charge in [0.15, 0.2) is 0 Å². The normalized spacial score (nSPS) is 13.0. The number of nitrogens with zero attached hydrogens (tertiary/aromatic N) is 1. The standard InChI is InChI=1S/C17H22FN3O.2ClH/c1-10(2)17(4,9-19)21-16(22)14-7-12-5-6-13(18)8-15(12)20-11(14)3;;/h5-8,10H,9,19H2,1-4H3,(H,21,22);2*1H. The largest absolute Gasteiger partial charge is 0.345 e. The molecule has 1 heterocycles.